The van der Waals surface area contributed by atoms with Gasteiger partial charge in [-0.05, 0) is 17.9 Å². The Morgan fingerprint density at radius 3 is 2.35 bits per heavy atom. The summed E-state index contributed by atoms with van der Waals surface area (Å²) in [5.41, 5.74) is 1.08. The van der Waals surface area contributed by atoms with Crippen LogP contribution in [0.3, 0.4) is 0 Å². The third-order valence-electron chi connectivity index (χ3n) is 2.60. The Bertz CT molecular complexity index is 354. The lowest BCUT2D eigenvalue weighted by atomic mass is 9.93. The van der Waals surface area contributed by atoms with Gasteiger partial charge in [0.05, 0.1) is 0 Å². The van der Waals surface area contributed by atoms with Gasteiger partial charge in [-0.2, -0.15) is 0 Å². The molecule has 0 bridgehead atoms. The van der Waals surface area contributed by atoms with Crippen LogP contribution in [0.2, 0.25) is 0 Å². The highest BCUT2D eigenvalue weighted by atomic mass is 16.1. The van der Waals surface area contributed by atoms with Crippen LogP contribution in [0.4, 0.5) is 0 Å². The molecule has 2 nitrogen and oxygen atoms in total. The van der Waals surface area contributed by atoms with Crippen molar-refractivity contribution in [2.75, 3.05) is 0 Å². The first-order valence-electron chi connectivity index (χ1n) is 6.05. The van der Waals surface area contributed by atoms with E-state index < -0.39 is 0 Å². The summed E-state index contributed by atoms with van der Waals surface area (Å²) in [5, 5.41) is 0. The molecule has 1 atom stereocenters. The van der Waals surface area contributed by atoms with Gasteiger partial charge in [0.2, 0.25) is 6.29 Å². The Balaban J connectivity index is 2.49. The minimum atomic E-state index is -0.302. The second kappa shape index (κ2) is 7.00. The summed E-state index contributed by atoms with van der Waals surface area (Å²) in [6, 6.07) is 9.75. The van der Waals surface area contributed by atoms with Gasteiger partial charge in [-0.15, -0.1) is 0 Å². The molecule has 0 aromatic heterocycles. The van der Waals surface area contributed by atoms with Gasteiger partial charge in [-0.1, -0.05) is 44.2 Å². The van der Waals surface area contributed by atoms with Crippen LogP contribution in [0.5, 0.6) is 0 Å². The molecular weight excluding hydrogens is 212 g/mol. The molecule has 17 heavy (non-hydrogen) atoms. The second-order valence-electron chi connectivity index (χ2n) is 4.85. The molecular formula is C15H19O2. The molecule has 0 aliphatic rings. The average molecular weight is 231 g/mol. The van der Waals surface area contributed by atoms with Gasteiger partial charge in [0, 0.05) is 18.8 Å². The van der Waals surface area contributed by atoms with Crippen molar-refractivity contribution >= 4 is 12.1 Å². The first kappa shape index (κ1) is 13.6. The predicted octanol–water partition coefficient (Wildman–Crippen LogP) is 2.96. The molecule has 0 aliphatic heterocycles. The Labute approximate surface area is 103 Å². The molecule has 0 spiro atoms. The number of hydrogen-bond acceptors (Lipinski definition) is 2. The fraction of sp³-hybridized carbons (Fsp3) is 0.467. The maximum Gasteiger partial charge on any atom is 0.202 e. The van der Waals surface area contributed by atoms with Crippen LogP contribution in [0.1, 0.15) is 32.3 Å². The van der Waals surface area contributed by atoms with Crippen LogP contribution < -0.4 is 0 Å². The van der Waals surface area contributed by atoms with Gasteiger partial charge < -0.3 is 0 Å². The molecule has 2 heteroatoms. The summed E-state index contributed by atoms with van der Waals surface area (Å²) in [6.45, 7) is 4.02. The molecule has 0 amide bonds. The molecule has 91 valence electrons. The maximum absolute atomic E-state index is 11.6. The van der Waals surface area contributed by atoms with Crippen molar-refractivity contribution in [2.45, 2.75) is 33.1 Å². The number of benzene rings is 1. The van der Waals surface area contributed by atoms with Crippen LogP contribution >= 0.6 is 0 Å². The smallest absolute Gasteiger partial charge is 0.202 e. The highest BCUT2D eigenvalue weighted by molar-refractivity contribution is 5.81. The number of Topliss-reactive ketones (excluding diaryl/α,β-unsaturated/α-hetero) is 1. The van der Waals surface area contributed by atoms with Crippen LogP contribution in [0.25, 0.3) is 0 Å². The normalized spacial score (nSPS) is 12.4. The predicted molar refractivity (Wildman–Crippen MR) is 68.4 cm³/mol. The summed E-state index contributed by atoms with van der Waals surface area (Å²) < 4.78 is 0. The Morgan fingerprint density at radius 2 is 1.82 bits per heavy atom. The number of carbonyl (C=O) groups is 1. The van der Waals surface area contributed by atoms with Crippen molar-refractivity contribution < 1.29 is 9.59 Å². The van der Waals surface area contributed by atoms with E-state index in [-0.39, 0.29) is 11.7 Å². The van der Waals surface area contributed by atoms with E-state index in [1.165, 1.54) is 0 Å². The molecule has 0 saturated carbocycles. The number of carbonyl (C=O) groups excluding carboxylic acids is 2. The molecule has 1 aromatic rings. The van der Waals surface area contributed by atoms with Crippen molar-refractivity contribution in [1.82, 2.24) is 0 Å². The van der Waals surface area contributed by atoms with Crippen LogP contribution in [-0.2, 0) is 16.0 Å². The third kappa shape index (κ3) is 5.43. The van der Waals surface area contributed by atoms with Crippen molar-refractivity contribution in [2.24, 2.45) is 11.8 Å². The highest BCUT2D eigenvalue weighted by Crippen LogP contribution is 2.13. The lowest BCUT2D eigenvalue weighted by Gasteiger charge is -2.10. The van der Waals surface area contributed by atoms with E-state index in [0.717, 1.165) is 5.56 Å². The van der Waals surface area contributed by atoms with Crippen LogP contribution in [-0.4, -0.2) is 12.1 Å². The summed E-state index contributed by atoms with van der Waals surface area (Å²) >= 11 is 0. The first-order chi connectivity index (χ1) is 8.11. The fourth-order valence-corrected chi connectivity index (χ4v) is 1.87. The highest BCUT2D eigenvalue weighted by Gasteiger charge is 2.15. The van der Waals surface area contributed by atoms with E-state index in [1.54, 1.807) is 0 Å². The second-order valence-corrected chi connectivity index (χ2v) is 4.85. The van der Waals surface area contributed by atoms with Gasteiger partial charge in [0.1, 0.15) is 5.78 Å². The van der Waals surface area contributed by atoms with Crippen molar-refractivity contribution in [3.63, 3.8) is 0 Å². The van der Waals surface area contributed by atoms with E-state index in [9.17, 15) is 9.59 Å². The summed E-state index contributed by atoms with van der Waals surface area (Å²) in [7, 11) is 0. The summed E-state index contributed by atoms with van der Waals surface area (Å²) in [5.74, 6) is 0.208. The molecule has 0 aliphatic carbocycles. The average Bonchev–Trinajstić information content (AvgIpc) is 2.28. The SMILES string of the molecule is CC(C)CC(=O)CC([C]=O)Cc1ccccc1. The minimum absolute atomic E-state index is 0.157. The third-order valence-corrected chi connectivity index (χ3v) is 2.60. The standard InChI is InChI=1S/C15H19O2/c1-12(2)8-15(17)10-14(11-16)9-13-6-4-3-5-7-13/h3-7,12,14H,8-10H2,1-2H3. The van der Waals surface area contributed by atoms with Crippen molar-refractivity contribution in [1.29, 1.82) is 0 Å². The monoisotopic (exact) mass is 231 g/mol. The number of hydrogen-bond donors (Lipinski definition) is 0. The van der Waals surface area contributed by atoms with Crippen molar-refractivity contribution in [3.8, 4) is 0 Å². The zero-order chi connectivity index (χ0) is 12.7. The van der Waals surface area contributed by atoms with E-state index in [0.29, 0.717) is 25.2 Å². The number of rotatable bonds is 7. The largest absolute Gasteiger partial charge is 0.300 e. The molecule has 1 aromatic carbocycles. The molecule has 1 rings (SSSR count). The van der Waals surface area contributed by atoms with Gasteiger partial charge in [-0.25, -0.2) is 0 Å². The van der Waals surface area contributed by atoms with E-state index in [1.807, 2.05) is 50.5 Å². The summed E-state index contributed by atoms with van der Waals surface area (Å²) in [6.07, 6.45) is 3.45. The van der Waals surface area contributed by atoms with Crippen LogP contribution in [0, 0.1) is 11.8 Å². The topological polar surface area (TPSA) is 34.1 Å². The van der Waals surface area contributed by atoms with E-state index >= 15 is 0 Å². The quantitative estimate of drug-likeness (QED) is 0.723. The maximum atomic E-state index is 11.6. The van der Waals surface area contributed by atoms with Gasteiger partial charge in [0.15, 0.2) is 0 Å². The molecule has 0 N–H and O–H groups in total. The molecule has 1 radical (unpaired) electrons. The number of ketones is 1. The van der Waals surface area contributed by atoms with Gasteiger partial charge >= 0.3 is 0 Å². The lowest BCUT2D eigenvalue weighted by molar-refractivity contribution is -0.120. The van der Waals surface area contributed by atoms with E-state index in [4.69, 9.17) is 0 Å². The van der Waals surface area contributed by atoms with Crippen molar-refractivity contribution in [3.05, 3.63) is 35.9 Å². The Kier molecular flexibility index (Phi) is 5.61. The van der Waals surface area contributed by atoms with E-state index in [2.05, 4.69) is 0 Å². The zero-order valence-electron chi connectivity index (χ0n) is 10.5. The lowest BCUT2D eigenvalue weighted by Crippen LogP contribution is -2.14. The molecule has 0 heterocycles. The first-order valence-corrected chi connectivity index (χ1v) is 6.05. The Hall–Kier alpha value is -1.44. The molecule has 1 unspecified atom stereocenters. The summed E-state index contributed by atoms with van der Waals surface area (Å²) in [4.78, 5) is 22.5. The molecule has 0 fully saturated rings. The fourth-order valence-electron chi connectivity index (χ4n) is 1.87. The van der Waals surface area contributed by atoms with Gasteiger partial charge in [-0.3, -0.25) is 9.59 Å². The van der Waals surface area contributed by atoms with Gasteiger partial charge in [0.25, 0.3) is 0 Å². The van der Waals surface area contributed by atoms with Crippen LogP contribution in [0.15, 0.2) is 30.3 Å². The zero-order valence-corrected chi connectivity index (χ0v) is 10.5. The Morgan fingerprint density at radius 1 is 1.18 bits per heavy atom. The minimum Gasteiger partial charge on any atom is -0.300 e. The molecule has 0 saturated heterocycles.